The summed E-state index contributed by atoms with van der Waals surface area (Å²) < 4.78 is 0. The number of fused-ring (bicyclic) bond motifs is 12. The van der Waals surface area contributed by atoms with Crippen LogP contribution in [0.5, 0.6) is 0 Å². The Bertz CT molecular complexity index is 3150. The maximum Gasteiger partial charge on any atom is 0.252 e. The van der Waals surface area contributed by atoms with Gasteiger partial charge in [-0.1, -0.05) is 161 Å². The Morgan fingerprint density at radius 2 is 1.23 bits per heavy atom. The zero-order chi connectivity index (χ0) is 44.4. The van der Waals surface area contributed by atoms with E-state index in [4.69, 9.17) is 0 Å². The van der Waals surface area contributed by atoms with Gasteiger partial charge in [0.05, 0.1) is 11.1 Å². The Morgan fingerprint density at radius 3 is 2.02 bits per heavy atom. The van der Waals surface area contributed by atoms with Crippen LogP contribution in [0.1, 0.15) is 118 Å². The van der Waals surface area contributed by atoms with Gasteiger partial charge in [-0.2, -0.15) is 0 Å². The zero-order valence-corrected chi connectivity index (χ0v) is 39.5. The van der Waals surface area contributed by atoms with Gasteiger partial charge in [-0.3, -0.25) is 0 Å². The number of hydrogen-bond acceptors (Lipinski definition) is 3. The lowest BCUT2D eigenvalue weighted by molar-refractivity contribution is 0.215. The second-order valence-corrected chi connectivity index (χ2v) is 22.3. The lowest BCUT2D eigenvalue weighted by Crippen LogP contribution is -2.64. The van der Waals surface area contributed by atoms with Crippen LogP contribution >= 0.6 is 0 Å². The average Bonchev–Trinajstić information content (AvgIpc) is 3.68. The summed E-state index contributed by atoms with van der Waals surface area (Å²) in [5.74, 6) is 0. The van der Waals surface area contributed by atoms with Gasteiger partial charge in [-0.15, -0.1) is 0 Å². The molecule has 65 heavy (non-hydrogen) atoms. The maximum absolute atomic E-state index is 2.91. The first-order chi connectivity index (χ1) is 31.3. The van der Waals surface area contributed by atoms with Gasteiger partial charge in [0.15, 0.2) is 0 Å². The molecule has 13 rings (SSSR count). The van der Waals surface area contributed by atoms with E-state index in [1.165, 1.54) is 114 Å². The van der Waals surface area contributed by atoms with Crippen LogP contribution in [0, 0.1) is 13.8 Å². The van der Waals surface area contributed by atoms with Crippen molar-refractivity contribution in [3.63, 3.8) is 0 Å². The van der Waals surface area contributed by atoms with Gasteiger partial charge in [-0.05, 0) is 145 Å². The number of rotatable bonds is 3. The normalized spacial score (nSPS) is 25.3. The predicted molar refractivity (Wildman–Crippen MR) is 275 cm³/mol. The summed E-state index contributed by atoms with van der Waals surface area (Å²) in [6.45, 7) is 19.6. The molecule has 7 aromatic rings. The maximum atomic E-state index is 2.91. The lowest BCUT2D eigenvalue weighted by Gasteiger charge is -2.54. The summed E-state index contributed by atoms with van der Waals surface area (Å²) in [7, 11) is 0. The first kappa shape index (κ1) is 39.4. The minimum atomic E-state index is -0.334. The van der Waals surface area contributed by atoms with Gasteiger partial charge in [-0.25, -0.2) is 0 Å². The fourth-order valence-corrected chi connectivity index (χ4v) is 14.7. The highest BCUT2D eigenvalue weighted by Crippen LogP contribution is 2.67. The molecule has 7 aromatic carbocycles. The average molecular weight is 846 g/mol. The van der Waals surface area contributed by atoms with Gasteiger partial charge >= 0.3 is 0 Å². The molecule has 4 heterocycles. The van der Waals surface area contributed by atoms with Crippen molar-refractivity contribution in [3.8, 4) is 0 Å². The van der Waals surface area contributed by atoms with Crippen LogP contribution in [0.4, 0.5) is 39.8 Å². The Balaban J connectivity index is 1.18. The van der Waals surface area contributed by atoms with Crippen LogP contribution in [-0.4, -0.2) is 12.3 Å². The molecule has 4 unspecified atom stereocenters. The van der Waals surface area contributed by atoms with Crippen molar-refractivity contribution in [3.05, 3.63) is 190 Å². The van der Waals surface area contributed by atoms with E-state index in [0.29, 0.717) is 0 Å². The molecule has 0 aromatic heterocycles. The van der Waals surface area contributed by atoms with E-state index < -0.39 is 0 Å². The zero-order valence-electron chi connectivity index (χ0n) is 39.5. The second-order valence-electron chi connectivity index (χ2n) is 22.3. The number of benzene rings is 7. The van der Waals surface area contributed by atoms with E-state index in [-0.39, 0.29) is 34.0 Å². The third-order valence-electron chi connectivity index (χ3n) is 18.0. The van der Waals surface area contributed by atoms with Gasteiger partial charge < -0.3 is 14.7 Å². The van der Waals surface area contributed by atoms with Crippen LogP contribution in [-0.2, 0) is 28.2 Å². The first-order valence-corrected chi connectivity index (χ1v) is 24.5. The molecular formula is C61H60BN3. The fraction of sp³-hybridized carbons (Fsp3) is 0.311. The van der Waals surface area contributed by atoms with Gasteiger partial charge in [0.1, 0.15) is 0 Å². The smallest absolute Gasteiger partial charge is 0.252 e. The summed E-state index contributed by atoms with van der Waals surface area (Å²) in [5.41, 5.74) is 24.1. The molecule has 6 aliphatic rings. The first-order valence-electron chi connectivity index (χ1n) is 24.5. The summed E-state index contributed by atoms with van der Waals surface area (Å²) in [6.07, 6.45) is 6.87. The standard InChI is InChI=1S/C61H60BN3/c1-39-24-27-44(28-25-39)63-52-29-26-40(2)34-49(52)62-50-36-43(57(3,4)5)35-48-56(50)65(60(8)46-21-13-12-18-41(46)30-33-58(48,60)6)54-38-45(37-53(63)55(54)62)64-51-23-15-14-22-47(51)61(42-19-10-9-11-20-42)32-17-16-31-59(61,64)7/h9-15,18-29,34-38H,16-17,30-33H2,1-8H3. The highest BCUT2D eigenvalue weighted by atomic mass is 15.3. The second kappa shape index (κ2) is 13.1. The Hall–Kier alpha value is -6.00. The predicted octanol–water partition coefficient (Wildman–Crippen LogP) is 13.3. The summed E-state index contributed by atoms with van der Waals surface area (Å²) in [4.78, 5) is 8.38. The number of hydrogen-bond donors (Lipinski definition) is 0. The van der Waals surface area contributed by atoms with Crippen LogP contribution in [0.2, 0.25) is 0 Å². The summed E-state index contributed by atoms with van der Waals surface area (Å²) in [5, 5.41) is 0. The molecule has 0 N–H and O–H groups in total. The van der Waals surface area contributed by atoms with E-state index in [2.05, 4.69) is 216 Å². The van der Waals surface area contributed by atoms with Crippen LogP contribution in [0.25, 0.3) is 0 Å². The molecule has 0 bridgehead atoms. The van der Waals surface area contributed by atoms with Crippen LogP contribution in [0.15, 0.2) is 146 Å². The molecule has 1 saturated carbocycles. The number of aryl methyl sites for hydroxylation is 3. The molecule has 3 nitrogen and oxygen atoms in total. The van der Waals surface area contributed by atoms with Crippen molar-refractivity contribution in [2.45, 2.75) is 121 Å². The largest absolute Gasteiger partial charge is 0.334 e. The van der Waals surface area contributed by atoms with E-state index in [1.54, 1.807) is 0 Å². The van der Waals surface area contributed by atoms with E-state index >= 15 is 0 Å². The molecule has 4 heteroatoms. The van der Waals surface area contributed by atoms with Gasteiger partial charge in [0, 0.05) is 50.6 Å². The van der Waals surface area contributed by atoms with Gasteiger partial charge in [0.2, 0.25) is 0 Å². The van der Waals surface area contributed by atoms with Crippen molar-refractivity contribution < 1.29 is 0 Å². The van der Waals surface area contributed by atoms with Crippen molar-refractivity contribution in [1.82, 2.24) is 0 Å². The van der Waals surface area contributed by atoms with Crippen molar-refractivity contribution in [1.29, 1.82) is 0 Å². The third kappa shape index (κ3) is 4.83. The molecule has 0 spiro atoms. The number of anilines is 7. The molecular weight excluding hydrogens is 786 g/mol. The molecule has 4 atom stereocenters. The van der Waals surface area contributed by atoms with Crippen LogP contribution < -0.4 is 31.1 Å². The molecule has 0 amide bonds. The van der Waals surface area contributed by atoms with Crippen molar-refractivity contribution >= 4 is 62.9 Å². The quantitative estimate of drug-likeness (QED) is 0.164. The number of para-hydroxylation sites is 1. The molecule has 322 valence electrons. The minimum absolute atomic E-state index is 0.0207. The third-order valence-corrected chi connectivity index (χ3v) is 18.0. The highest BCUT2D eigenvalue weighted by molar-refractivity contribution is 7.00. The molecule has 2 aliphatic carbocycles. The molecule has 0 radical (unpaired) electrons. The van der Waals surface area contributed by atoms with E-state index in [9.17, 15) is 0 Å². The van der Waals surface area contributed by atoms with Crippen molar-refractivity contribution in [2.24, 2.45) is 0 Å². The van der Waals surface area contributed by atoms with E-state index in [0.717, 1.165) is 25.7 Å². The Kier molecular flexibility index (Phi) is 7.93. The van der Waals surface area contributed by atoms with Crippen molar-refractivity contribution in [2.75, 3.05) is 14.7 Å². The van der Waals surface area contributed by atoms with Crippen LogP contribution in [0.3, 0.4) is 0 Å². The lowest BCUT2D eigenvalue weighted by atomic mass is 9.33. The fourth-order valence-electron chi connectivity index (χ4n) is 14.7. The Labute approximate surface area is 387 Å². The monoisotopic (exact) mass is 845 g/mol. The molecule has 1 fully saturated rings. The number of nitrogens with zero attached hydrogens (tertiary/aromatic N) is 3. The highest BCUT2D eigenvalue weighted by Gasteiger charge is 2.65. The summed E-state index contributed by atoms with van der Waals surface area (Å²) >= 11 is 0. The van der Waals surface area contributed by atoms with Gasteiger partial charge in [0.25, 0.3) is 6.71 Å². The topological polar surface area (TPSA) is 9.72 Å². The Morgan fingerprint density at radius 1 is 0.538 bits per heavy atom. The SMILES string of the molecule is Cc1ccc(N2c3ccc(C)cc3B3c4cc(C(C)(C)C)cc5c4N(c4cc(N6c7ccccc7C7(c8ccccc8)CCCCC67C)cc2c43)C2(C)c3ccccc3CCC52C)cc1. The molecule has 4 aliphatic heterocycles. The minimum Gasteiger partial charge on any atom is -0.334 e. The van der Waals surface area contributed by atoms with E-state index in [1.807, 2.05) is 0 Å². The summed E-state index contributed by atoms with van der Waals surface area (Å²) in [6, 6.07) is 57.6. The molecule has 0 saturated heterocycles.